The van der Waals surface area contributed by atoms with Gasteiger partial charge >= 0.3 is 5.97 Å². The SMILES string of the molecule is Nc1ccc(CCCC(=O)ONC(=O)c2ccccc2)cc1. The van der Waals surface area contributed by atoms with Crippen molar-refractivity contribution in [2.24, 2.45) is 0 Å². The van der Waals surface area contributed by atoms with E-state index >= 15 is 0 Å². The summed E-state index contributed by atoms with van der Waals surface area (Å²) in [6, 6.07) is 16.1. The van der Waals surface area contributed by atoms with E-state index in [4.69, 9.17) is 10.6 Å². The van der Waals surface area contributed by atoms with E-state index in [1.54, 1.807) is 30.3 Å². The maximum Gasteiger partial charge on any atom is 0.332 e. The number of rotatable bonds is 5. The van der Waals surface area contributed by atoms with E-state index in [1.807, 2.05) is 24.3 Å². The van der Waals surface area contributed by atoms with E-state index in [0.717, 1.165) is 12.0 Å². The summed E-state index contributed by atoms with van der Waals surface area (Å²) in [4.78, 5) is 28.0. The van der Waals surface area contributed by atoms with E-state index in [1.165, 1.54) is 0 Å². The maximum absolute atomic E-state index is 11.7. The molecule has 5 heteroatoms. The van der Waals surface area contributed by atoms with Gasteiger partial charge in [-0.2, -0.15) is 5.48 Å². The first kappa shape index (κ1) is 15.6. The fourth-order valence-corrected chi connectivity index (χ4v) is 1.92. The number of hydrogen-bond acceptors (Lipinski definition) is 4. The van der Waals surface area contributed by atoms with Crippen LogP contribution in [0.5, 0.6) is 0 Å². The first-order valence-corrected chi connectivity index (χ1v) is 7.04. The number of nitrogens with two attached hydrogens (primary N) is 1. The molecule has 0 fully saturated rings. The molecule has 22 heavy (non-hydrogen) atoms. The van der Waals surface area contributed by atoms with Gasteiger partial charge in [0, 0.05) is 17.7 Å². The average molecular weight is 298 g/mol. The summed E-state index contributed by atoms with van der Waals surface area (Å²) in [5.74, 6) is -0.896. The zero-order valence-corrected chi connectivity index (χ0v) is 12.1. The second-order valence-electron chi connectivity index (χ2n) is 4.87. The molecular formula is C17H18N2O3. The van der Waals surface area contributed by atoms with Gasteiger partial charge in [-0.25, -0.2) is 4.79 Å². The normalized spacial score (nSPS) is 10.0. The summed E-state index contributed by atoms with van der Waals surface area (Å²) < 4.78 is 0. The molecule has 0 aliphatic rings. The Morgan fingerprint density at radius 3 is 2.36 bits per heavy atom. The minimum absolute atomic E-state index is 0.236. The molecule has 2 aromatic carbocycles. The van der Waals surface area contributed by atoms with Crippen LogP contribution in [0.3, 0.4) is 0 Å². The van der Waals surface area contributed by atoms with Crippen LogP contribution in [-0.4, -0.2) is 11.9 Å². The van der Waals surface area contributed by atoms with Crippen LogP contribution in [0.25, 0.3) is 0 Å². The number of anilines is 1. The molecule has 0 aliphatic heterocycles. The summed E-state index contributed by atoms with van der Waals surface area (Å²) in [6.45, 7) is 0. The van der Waals surface area contributed by atoms with Gasteiger partial charge in [0.2, 0.25) is 0 Å². The Balaban J connectivity index is 1.68. The Morgan fingerprint density at radius 1 is 1.00 bits per heavy atom. The smallest absolute Gasteiger partial charge is 0.332 e. The molecular weight excluding hydrogens is 280 g/mol. The van der Waals surface area contributed by atoms with Crippen LogP contribution in [0.15, 0.2) is 54.6 Å². The topological polar surface area (TPSA) is 81.4 Å². The van der Waals surface area contributed by atoms with Crippen LogP contribution in [0.2, 0.25) is 0 Å². The third-order valence-corrected chi connectivity index (χ3v) is 3.12. The van der Waals surface area contributed by atoms with Crippen LogP contribution in [0, 0.1) is 0 Å². The predicted octanol–water partition coefficient (Wildman–Crippen LogP) is 2.48. The number of nitrogen functional groups attached to an aromatic ring is 1. The van der Waals surface area contributed by atoms with Gasteiger partial charge in [0.25, 0.3) is 5.91 Å². The molecule has 0 heterocycles. The summed E-state index contributed by atoms with van der Waals surface area (Å²) in [7, 11) is 0. The Bertz CT molecular complexity index is 624. The molecule has 0 saturated heterocycles. The van der Waals surface area contributed by atoms with Crippen LogP contribution < -0.4 is 11.2 Å². The molecule has 1 amide bonds. The number of hydroxylamine groups is 1. The average Bonchev–Trinajstić information content (AvgIpc) is 2.55. The van der Waals surface area contributed by atoms with Crippen molar-refractivity contribution in [3.05, 3.63) is 65.7 Å². The third kappa shape index (κ3) is 4.94. The van der Waals surface area contributed by atoms with Gasteiger partial charge in [-0.1, -0.05) is 30.3 Å². The van der Waals surface area contributed by atoms with E-state index in [0.29, 0.717) is 17.7 Å². The van der Waals surface area contributed by atoms with E-state index in [-0.39, 0.29) is 6.42 Å². The second-order valence-corrected chi connectivity index (χ2v) is 4.87. The van der Waals surface area contributed by atoms with Crippen LogP contribution >= 0.6 is 0 Å². The van der Waals surface area contributed by atoms with Gasteiger partial charge in [-0.3, -0.25) is 4.79 Å². The van der Waals surface area contributed by atoms with E-state index in [2.05, 4.69) is 5.48 Å². The van der Waals surface area contributed by atoms with Crippen molar-refractivity contribution in [1.82, 2.24) is 5.48 Å². The van der Waals surface area contributed by atoms with Gasteiger partial charge in [0.1, 0.15) is 0 Å². The van der Waals surface area contributed by atoms with Crippen molar-refractivity contribution in [2.75, 3.05) is 5.73 Å². The second kappa shape index (κ2) is 7.83. The lowest BCUT2D eigenvalue weighted by Crippen LogP contribution is -2.26. The molecule has 0 aliphatic carbocycles. The quantitative estimate of drug-likeness (QED) is 0.656. The van der Waals surface area contributed by atoms with Crippen molar-refractivity contribution in [2.45, 2.75) is 19.3 Å². The molecule has 0 saturated carbocycles. The molecule has 3 N–H and O–H groups in total. The first-order valence-electron chi connectivity index (χ1n) is 7.04. The molecule has 0 radical (unpaired) electrons. The molecule has 0 unspecified atom stereocenters. The van der Waals surface area contributed by atoms with Crippen molar-refractivity contribution in [3.63, 3.8) is 0 Å². The molecule has 0 bridgehead atoms. The standard InChI is InChI=1S/C17H18N2O3/c18-15-11-9-13(10-12-15)5-4-8-16(20)22-19-17(21)14-6-2-1-3-7-14/h1-3,6-7,9-12H,4-5,8,18H2,(H,19,21). The maximum atomic E-state index is 11.7. The van der Waals surface area contributed by atoms with Crippen LogP contribution in [0.4, 0.5) is 5.69 Å². The minimum atomic E-state index is -0.459. The first-order chi connectivity index (χ1) is 10.6. The highest BCUT2D eigenvalue weighted by Crippen LogP contribution is 2.09. The van der Waals surface area contributed by atoms with Gasteiger partial charge in [-0.15, -0.1) is 0 Å². The third-order valence-electron chi connectivity index (χ3n) is 3.12. The van der Waals surface area contributed by atoms with Crippen molar-refractivity contribution >= 4 is 17.6 Å². The number of benzene rings is 2. The number of carbonyl (C=O) groups is 2. The summed E-state index contributed by atoms with van der Waals surface area (Å²) in [5.41, 5.74) is 10.0. The van der Waals surface area contributed by atoms with Crippen molar-refractivity contribution in [1.29, 1.82) is 0 Å². The summed E-state index contributed by atoms with van der Waals surface area (Å²) in [6.07, 6.45) is 1.63. The number of carbonyl (C=O) groups excluding carboxylic acids is 2. The predicted molar refractivity (Wildman–Crippen MR) is 83.8 cm³/mol. The largest absolute Gasteiger partial charge is 0.399 e. The monoisotopic (exact) mass is 298 g/mol. The zero-order chi connectivity index (χ0) is 15.8. The molecule has 2 rings (SSSR count). The lowest BCUT2D eigenvalue weighted by atomic mass is 10.1. The number of amides is 1. The Hall–Kier alpha value is -2.82. The van der Waals surface area contributed by atoms with Crippen LogP contribution in [0.1, 0.15) is 28.8 Å². The van der Waals surface area contributed by atoms with Crippen molar-refractivity contribution < 1.29 is 14.4 Å². The van der Waals surface area contributed by atoms with Crippen LogP contribution in [-0.2, 0) is 16.1 Å². The lowest BCUT2D eigenvalue weighted by Gasteiger charge is -2.06. The van der Waals surface area contributed by atoms with E-state index in [9.17, 15) is 9.59 Å². The molecule has 2 aromatic rings. The minimum Gasteiger partial charge on any atom is -0.399 e. The van der Waals surface area contributed by atoms with E-state index < -0.39 is 11.9 Å². The molecule has 5 nitrogen and oxygen atoms in total. The van der Waals surface area contributed by atoms with Gasteiger partial charge in [0.15, 0.2) is 0 Å². The summed E-state index contributed by atoms with van der Waals surface area (Å²) >= 11 is 0. The number of aryl methyl sites for hydroxylation is 1. The fourth-order valence-electron chi connectivity index (χ4n) is 1.92. The highest BCUT2D eigenvalue weighted by atomic mass is 16.7. The Morgan fingerprint density at radius 2 is 1.68 bits per heavy atom. The Labute approximate surface area is 129 Å². The van der Waals surface area contributed by atoms with Gasteiger partial charge in [0.05, 0.1) is 0 Å². The fraction of sp³-hybridized carbons (Fsp3) is 0.176. The number of hydrogen-bond donors (Lipinski definition) is 2. The molecule has 0 atom stereocenters. The highest BCUT2D eigenvalue weighted by Gasteiger charge is 2.08. The zero-order valence-electron chi connectivity index (χ0n) is 12.1. The molecule has 114 valence electrons. The number of nitrogens with one attached hydrogen (secondary N) is 1. The Kier molecular flexibility index (Phi) is 5.54. The van der Waals surface area contributed by atoms with Crippen molar-refractivity contribution in [3.8, 4) is 0 Å². The van der Waals surface area contributed by atoms with Gasteiger partial charge < -0.3 is 10.6 Å². The molecule has 0 aromatic heterocycles. The molecule has 0 spiro atoms. The lowest BCUT2D eigenvalue weighted by molar-refractivity contribution is -0.149. The van der Waals surface area contributed by atoms with Gasteiger partial charge in [-0.05, 0) is 42.7 Å². The highest BCUT2D eigenvalue weighted by molar-refractivity contribution is 5.94. The summed E-state index contributed by atoms with van der Waals surface area (Å²) in [5, 5.41) is 0.